The molecule has 0 aromatic rings. The molecule has 13 heavy (non-hydrogen) atoms. The Balaban J connectivity index is 3.86. The monoisotopic (exact) mass is 206 g/mol. The smallest absolute Gasteiger partial charge is 0.327 e. The van der Waals surface area contributed by atoms with Crippen LogP contribution in [0, 0.1) is 0 Å². The molecule has 0 aliphatic carbocycles. The molecule has 0 saturated heterocycles. The molecule has 0 aliphatic heterocycles. The average molecular weight is 206 g/mol. The van der Waals surface area contributed by atoms with Gasteiger partial charge in [0.2, 0.25) is 12.3 Å². The first kappa shape index (κ1) is 11.8. The highest BCUT2D eigenvalue weighted by molar-refractivity contribution is 7.80. The van der Waals surface area contributed by atoms with Gasteiger partial charge in [-0.2, -0.15) is 12.6 Å². The highest BCUT2D eigenvalue weighted by Crippen LogP contribution is 1.87. The number of carbonyl (C=O) groups excluding carboxylic acids is 2. The largest absolute Gasteiger partial charge is 0.480 e. The van der Waals surface area contributed by atoms with E-state index >= 15 is 0 Å². The second-order valence-electron chi connectivity index (χ2n) is 2.14. The fraction of sp³-hybridized carbons (Fsp3) is 0.500. The SMILES string of the molecule is O=CNCC(=O)NC(CS)C(=O)O. The fourth-order valence-corrected chi connectivity index (χ4v) is 0.813. The van der Waals surface area contributed by atoms with Gasteiger partial charge in [-0.25, -0.2) is 4.79 Å². The lowest BCUT2D eigenvalue weighted by atomic mass is 10.3. The number of carboxylic acid groups (broad SMARTS) is 1. The van der Waals surface area contributed by atoms with Gasteiger partial charge in [0.25, 0.3) is 0 Å². The van der Waals surface area contributed by atoms with Gasteiger partial charge in [-0.3, -0.25) is 9.59 Å². The van der Waals surface area contributed by atoms with Crippen molar-refractivity contribution in [3.05, 3.63) is 0 Å². The van der Waals surface area contributed by atoms with Crippen molar-refractivity contribution in [3.8, 4) is 0 Å². The normalized spacial score (nSPS) is 11.5. The third-order valence-corrected chi connectivity index (χ3v) is 1.53. The van der Waals surface area contributed by atoms with Gasteiger partial charge in [0, 0.05) is 5.75 Å². The predicted octanol–water partition coefficient (Wildman–Crippen LogP) is -1.77. The van der Waals surface area contributed by atoms with Crippen LogP contribution in [0.5, 0.6) is 0 Å². The molecular weight excluding hydrogens is 196 g/mol. The maximum Gasteiger partial charge on any atom is 0.327 e. The Morgan fingerprint density at radius 2 is 2.15 bits per heavy atom. The number of rotatable bonds is 6. The topological polar surface area (TPSA) is 95.5 Å². The van der Waals surface area contributed by atoms with Gasteiger partial charge >= 0.3 is 5.97 Å². The zero-order chi connectivity index (χ0) is 10.3. The highest BCUT2D eigenvalue weighted by atomic mass is 32.1. The molecule has 6 nitrogen and oxygen atoms in total. The lowest BCUT2D eigenvalue weighted by Crippen LogP contribution is -2.45. The summed E-state index contributed by atoms with van der Waals surface area (Å²) in [6, 6.07) is -1.02. The number of hydrogen-bond donors (Lipinski definition) is 4. The summed E-state index contributed by atoms with van der Waals surface area (Å²) < 4.78 is 0. The van der Waals surface area contributed by atoms with E-state index in [4.69, 9.17) is 5.11 Å². The molecule has 1 atom stereocenters. The van der Waals surface area contributed by atoms with Crippen molar-refractivity contribution in [1.29, 1.82) is 0 Å². The van der Waals surface area contributed by atoms with Gasteiger partial charge in [-0.1, -0.05) is 0 Å². The minimum Gasteiger partial charge on any atom is -0.480 e. The number of carbonyl (C=O) groups is 3. The molecule has 74 valence electrons. The van der Waals surface area contributed by atoms with Gasteiger partial charge in [-0.15, -0.1) is 0 Å². The molecule has 0 radical (unpaired) electrons. The van der Waals surface area contributed by atoms with Gasteiger partial charge in [0.05, 0.1) is 6.54 Å². The summed E-state index contributed by atoms with van der Waals surface area (Å²) in [5, 5.41) is 12.8. The zero-order valence-electron chi connectivity index (χ0n) is 6.69. The number of hydrogen-bond acceptors (Lipinski definition) is 4. The van der Waals surface area contributed by atoms with Crippen LogP contribution in [0.1, 0.15) is 0 Å². The van der Waals surface area contributed by atoms with Crippen molar-refractivity contribution < 1.29 is 19.5 Å². The molecule has 0 heterocycles. The third kappa shape index (κ3) is 5.07. The van der Waals surface area contributed by atoms with Gasteiger partial charge in [0.15, 0.2) is 0 Å². The van der Waals surface area contributed by atoms with Gasteiger partial charge in [-0.05, 0) is 0 Å². The van der Waals surface area contributed by atoms with Crippen LogP contribution in [0.2, 0.25) is 0 Å². The molecule has 0 aromatic heterocycles. The second-order valence-corrected chi connectivity index (χ2v) is 2.50. The van der Waals surface area contributed by atoms with Crippen molar-refractivity contribution in [2.45, 2.75) is 6.04 Å². The number of nitrogens with one attached hydrogen (secondary N) is 2. The van der Waals surface area contributed by atoms with E-state index in [0.717, 1.165) is 0 Å². The van der Waals surface area contributed by atoms with Crippen LogP contribution >= 0.6 is 12.6 Å². The van der Waals surface area contributed by atoms with E-state index in [-0.39, 0.29) is 12.3 Å². The number of carboxylic acids is 1. The summed E-state index contributed by atoms with van der Waals surface area (Å²) in [4.78, 5) is 31.0. The molecule has 0 fully saturated rings. The first-order valence-corrected chi connectivity index (χ1v) is 4.05. The Bertz CT molecular complexity index is 209. The van der Waals surface area contributed by atoms with Crippen molar-refractivity contribution in [2.24, 2.45) is 0 Å². The van der Waals surface area contributed by atoms with Crippen LogP contribution in [0.25, 0.3) is 0 Å². The van der Waals surface area contributed by atoms with E-state index in [1.54, 1.807) is 0 Å². The summed E-state index contributed by atoms with van der Waals surface area (Å²) in [6.45, 7) is -0.235. The molecule has 0 spiro atoms. The van der Waals surface area contributed by atoms with Crippen LogP contribution in [0.3, 0.4) is 0 Å². The Labute approximate surface area is 80.1 Å². The summed E-state index contributed by atoms with van der Waals surface area (Å²) in [5.74, 6) is -1.72. The van der Waals surface area contributed by atoms with Crippen LogP contribution in [-0.4, -0.2) is 41.7 Å². The summed E-state index contributed by atoms with van der Waals surface area (Å²) in [7, 11) is 0. The minimum absolute atomic E-state index is 0.00215. The summed E-state index contributed by atoms with van der Waals surface area (Å²) in [6.07, 6.45) is 0.357. The lowest BCUT2D eigenvalue weighted by Gasteiger charge is -2.10. The Morgan fingerprint density at radius 1 is 1.54 bits per heavy atom. The minimum atomic E-state index is -1.16. The molecule has 1 unspecified atom stereocenters. The number of aliphatic carboxylic acids is 1. The summed E-state index contributed by atoms with van der Waals surface area (Å²) in [5.41, 5.74) is 0. The maximum atomic E-state index is 10.8. The lowest BCUT2D eigenvalue weighted by molar-refractivity contribution is -0.140. The summed E-state index contributed by atoms with van der Waals surface area (Å²) >= 11 is 3.74. The molecule has 0 saturated carbocycles. The highest BCUT2D eigenvalue weighted by Gasteiger charge is 2.17. The molecule has 0 bridgehead atoms. The van der Waals surface area contributed by atoms with Crippen LogP contribution in [0.4, 0.5) is 0 Å². The Morgan fingerprint density at radius 3 is 2.54 bits per heavy atom. The van der Waals surface area contributed by atoms with Crippen LogP contribution < -0.4 is 10.6 Å². The molecule has 0 rings (SSSR count). The van der Waals surface area contributed by atoms with E-state index in [9.17, 15) is 14.4 Å². The zero-order valence-corrected chi connectivity index (χ0v) is 7.58. The van der Waals surface area contributed by atoms with Crippen molar-refractivity contribution in [3.63, 3.8) is 0 Å². The van der Waals surface area contributed by atoms with E-state index in [1.807, 2.05) is 0 Å². The fourth-order valence-electron chi connectivity index (χ4n) is 0.565. The van der Waals surface area contributed by atoms with Crippen molar-refractivity contribution in [2.75, 3.05) is 12.3 Å². The predicted molar refractivity (Wildman–Crippen MR) is 47.5 cm³/mol. The van der Waals surface area contributed by atoms with E-state index in [0.29, 0.717) is 6.41 Å². The molecule has 0 aromatic carbocycles. The standard InChI is InChI=1S/C6H10N2O4S/c9-3-7-1-5(10)8-4(2-13)6(11)12/h3-4,13H,1-2H2,(H,7,9)(H,8,10)(H,11,12). The van der Waals surface area contributed by atoms with Crippen LogP contribution in [-0.2, 0) is 14.4 Å². The molecule has 2 amide bonds. The van der Waals surface area contributed by atoms with Gasteiger partial charge in [0.1, 0.15) is 6.04 Å². The van der Waals surface area contributed by atoms with E-state index in [1.165, 1.54) is 0 Å². The Kier molecular flexibility index (Phi) is 5.69. The number of thiol groups is 1. The molecule has 3 N–H and O–H groups in total. The quantitative estimate of drug-likeness (QED) is 0.305. The molecule has 7 heteroatoms. The van der Waals surface area contributed by atoms with E-state index in [2.05, 4.69) is 23.3 Å². The van der Waals surface area contributed by atoms with Gasteiger partial charge < -0.3 is 15.7 Å². The second kappa shape index (κ2) is 6.30. The first-order valence-electron chi connectivity index (χ1n) is 3.42. The molecular formula is C6H10N2O4S. The van der Waals surface area contributed by atoms with Crippen LogP contribution in [0.15, 0.2) is 0 Å². The first-order chi connectivity index (χ1) is 6.11. The average Bonchev–Trinajstić information content (AvgIpc) is 2.10. The molecule has 0 aliphatic rings. The third-order valence-electron chi connectivity index (χ3n) is 1.16. The Hall–Kier alpha value is -1.24. The number of amides is 2. The van der Waals surface area contributed by atoms with Crippen molar-refractivity contribution >= 4 is 30.9 Å². The van der Waals surface area contributed by atoms with Crippen molar-refractivity contribution in [1.82, 2.24) is 10.6 Å². The van der Waals surface area contributed by atoms with E-state index < -0.39 is 17.9 Å². The maximum absolute atomic E-state index is 10.8.